The Bertz CT molecular complexity index is 643. The van der Waals surface area contributed by atoms with Crippen LogP contribution in [0.1, 0.15) is 11.1 Å². The van der Waals surface area contributed by atoms with Crippen LogP contribution in [0.25, 0.3) is 0 Å². The van der Waals surface area contributed by atoms with Gasteiger partial charge in [-0.05, 0) is 23.3 Å². The molecule has 0 spiro atoms. The van der Waals surface area contributed by atoms with Crippen LogP contribution in [0.5, 0.6) is 0 Å². The summed E-state index contributed by atoms with van der Waals surface area (Å²) in [6.07, 6.45) is -0.443. The summed E-state index contributed by atoms with van der Waals surface area (Å²) in [6, 6.07) is 18.1. The fourth-order valence-electron chi connectivity index (χ4n) is 3.22. The Morgan fingerprint density at radius 2 is 1.54 bits per heavy atom. The Hall–Kier alpha value is -1.43. The number of hydrogen-bond acceptors (Lipinski definition) is 4. The average Bonchev–Trinajstić information content (AvgIpc) is 2.66. The Morgan fingerprint density at radius 1 is 0.885 bits per heavy atom. The lowest BCUT2D eigenvalue weighted by Crippen LogP contribution is -2.48. The van der Waals surface area contributed by atoms with Gasteiger partial charge in [0.1, 0.15) is 0 Å². The SMILES string of the molecule is OC(COCc1ccccc1)CN1CCN(Cc2ccc(Cl)cc2)CC1. The van der Waals surface area contributed by atoms with Crippen LogP contribution >= 0.6 is 11.6 Å². The molecule has 140 valence electrons. The van der Waals surface area contributed by atoms with Gasteiger partial charge in [0.15, 0.2) is 0 Å². The minimum absolute atomic E-state index is 0.375. The molecule has 5 heteroatoms. The second-order valence-electron chi connectivity index (χ2n) is 6.86. The van der Waals surface area contributed by atoms with Crippen LogP contribution in [-0.2, 0) is 17.9 Å². The third-order valence-electron chi connectivity index (χ3n) is 4.68. The lowest BCUT2D eigenvalue weighted by Gasteiger charge is -2.35. The third kappa shape index (κ3) is 6.38. The molecule has 0 saturated carbocycles. The van der Waals surface area contributed by atoms with Crippen molar-refractivity contribution in [3.05, 3.63) is 70.7 Å². The third-order valence-corrected chi connectivity index (χ3v) is 4.93. The summed E-state index contributed by atoms with van der Waals surface area (Å²) in [7, 11) is 0. The van der Waals surface area contributed by atoms with Crippen LogP contribution in [0.15, 0.2) is 54.6 Å². The first kappa shape index (κ1) is 19.3. The van der Waals surface area contributed by atoms with Gasteiger partial charge in [0.25, 0.3) is 0 Å². The summed E-state index contributed by atoms with van der Waals surface area (Å²) < 4.78 is 5.63. The van der Waals surface area contributed by atoms with Crippen LogP contribution < -0.4 is 0 Å². The predicted molar refractivity (Wildman–Crippen MR) is 105 cm³/mol. The highest BCUT2D eigenvalue weighted by molar-refractivity contribution is 6.30. The number of aliphatic hydroxyl groups excluding tert-OH is 1. The van der Waals surface area contributed by atoms with Gasteiger partial charge >= 0.3 is 0 Å². The Labute approximate surface area is 160 Å². The number of halogens is 1. The maximum Gasteiger partial charge on any atom is 0.0900 e. The fourth-order valence-corrected chi connectivity index (χ4v) is 3.34. The van der Waals surface area contributed by atoms with E-state index >= 15 is 0 Å². The summed E-state index contributed by atoms with van der Waals surface area (Å²) in [5, 5.41) is 11.0. The first-order chi connectivity index (χ1) is 12.7. The van der Waals surface area contributed by atoms with E-state index in [4.69, 9.17) is 16.3 Å². The molecule has 0 bridgehead atoms. The largest absolute Gasteiger partial charge is 0.389 e. The Balaban J connectivity index is 1.32. The standard InChI is InChI=1S/C21H27ClN2O2/c22-20-8-6-18(7-9-20)14-23-10-12-24(13-11-23)15-21(25)17-26-16-19-4-2-1-3-5-19/h1-9,21,25H,10-17H2. The molecule has 0 amide bonds. The van der Waals surface area contributed by atoms with E-state index in [0.29, 0.717) is 19.8 Å². The summed E-state index contributed by atoms with van der Waals surface area (Å²) in [5.74, 6) is 0. The molecule has 1 heterocycles. The first-order valence-corrected chi connectivity index (χ1v) is 9.56. The molecule has 0 aromatic heterocycles. The quantitative estimate of drug-likeness (QED) is 0.770. The van der Waals surface area contributed by atoms with Crippen LogP contribution in [0.2, 0.25) is 5.02 Å². The van der Waals surface area contributed by atoms with Gasteiger partial charge in [-0.15, -0.1) is 0 Å². The molecule has 0 radical (unpaired) electrons. The van der Waals surface area contributed by atoms with E-state index < -0.39 is 6.10 Å². The maximum atomic E-state index is 10.2. The molecule has 1 aliphatic heterocycles. The zero-order valence-corrected chi connectivity index (χ0v) is 15.8. The van der Waals surface area contributed by atoms with E-state index in [1.54, 1.807) is 0 Å². The highest BCUT2D eigenvalue weighted by Crippen LogP contribution is 2.13. The van der Waals surface area contributed by atoms with E-state index in [1.807, 2.05) is 42.5 Å². The molecule has 4 nitrogen and oxygen atoms in total. The van der Waals surface area contributed by atoms with E-state index in [-0.39, 0.29) is 0 Å². The number of piperazine rings is 1. The zero-order valence-electron chi connectivity index (χ0n) is 15.1. The van der Waals surface area contributed by atoms with Crippen molar-refractivity contribution in [2.75, 3.05) is 39.3 Å². The summed E-state index contributed by atoms with van der Waals surface area (Å²) >= 11 is 5.94. The molecule has 26 heavy (non-hydrogen) atoms. The number of aliphatic hydroxyl groups is 1. The average molecular weight is 375 g/mol. The molecule has 1 atom stereocenters. The van der Waals surface area contributed by atoms with E-state index in [1.165, 1.54) is 5.56 Å². The van der Waals surface area contributed by atoms with Crippen molar-refractivity contribution in [2.24, 2.45) is 0 Å². The second kappa shape index (κ2) is 10.0. The lowest BCUT2D eigenvalue weighted by molar-refractivity contribution is 0.000878. The van der Waals surface area contributed by atoms with Gasteiger partial charge in [-0.1, -0.05) is 54.1 Å². The van der Waals surface area contributed by atoms with E-state index in [9.17, 15) is 5.11 Å². The minimum Gasteiger partial charge on any atom is -0.389 e. The fraction of sp³-hybridized carbons (Fsp3) is 0.429. The second-order valence-corrected chi connectivity index (χ2v) is 7.29. The molecule has 2 aromatic carbocycles. The number of nitrogens with zero attached hydrogens (tertiary/aromatic N) is 2. The molecule has 2 aromatic rings. The molecular weight excluding hydrogens is 348 g/mol. The molecule has 1 saturated heterocycles. The van der Waals surface area contributed by atoms with Crippen molar-refractivity contribution in [1.29, 1.82) is 0 Å². The van der Waals surface area contributed by atoms with Gasteiger partial charge < -0.3 is 9.84 Å². The van der Waals surface area contributed by atoms with Crippen molar-refractivity contribution in [2.45, 2.75) is 19.3 Å². The van der Waals surface area contributed by atoms with Gasteiger partial charge in [-0.25, -0.2) is 0 Å². The zero-order chi connectivity index (χ0) is 18.2. The lowest BCUT2D eigenvalue weighted by atomic mass is 10.2. The number of rotatable bonds is 8. The van der Waals surface area contributed by atoms with Gasteiger partial charge in [0.05, 0.1) is 19.3 Å². The van der Waals surface area contributed by atoms with Crippen LogP contribution in [0.4, 0.5) is 0 Å². The number of hydrogen-bond donors (Lipinski definition) is 1. The molecule has 0 aliphatic carbocycles. The van der Waals surface area contributed by atoms with Gasteiger partial charge in [0.2, 0.25) is 0 Å². The highest BCUT2D eigenvalue weighted by atomic mass is 35.5. The molecule has 3 rings (SSSR count). The normalized spacial score (nSPS) is 17.3. The van der Waals surface area contributed by atoms with Crippen molar-refractivity contribution >= 4 is 11.6 Å². The van der Waals surface area contributed by atoms with Crippen LogP contribution in [-0.4, -0.2) is 60.3 Å². The van der Waals surface area contributed by atoms with Crippen LogP contribution in [0.3, 0.4) is 0 Å². The first-order valence-electron chi connectivity index (χ1n) is 9.18. The van der Waals surface area contributed by atoms with E-state index in [2.05, 4.69) is 21.9 Å². The topological polar surface area (TPSA) is 35.9 Å². The van der Waals surface area contributed by atoms with Crippen molar-refractivity contribution in [1.82, 2.24) is 9.80 Å². The number of ether oxygens (including phenoxy) is 1. The van der Waals surface area contributed by atoms with Gasteiger partial charge in [0, 0.05) is 44.3 Å². The highest BCUT2D eigenvalue weighted by Gasteiger charge is 2.19. The van der Waals surface area contributed by atoms with Crippen molar-refractivity contribution in [3.8, 4) is 0 Å². The minimum atomic E-state index is -0.443. The van der Waals surface area contributed by atoms with E-state index in [0.717, 1.165) is 43.3 Å². The molecule has 1 N–H and O–H groups in total. The summed E-state index contributed by atoms with van der Waals surface area (Å²) in [6.45, 7) is 6.52. The smallest absolute Gasteiger partial charge is 0.0900 e. The van der Waals surface area contributed by atoms with Crippen molar-refractivity contribution in [3.63, 3.8) is 0 Å². The Morgan fingerprint density at radius 3 is 2.23 bits per heavy atom. The summed E-state index contributed by atoms with van der Waals surface area (Å²) in [5.41, 5.74) is 2.42. The number of β-amino-alcohol motifs (C(OH)–C–C–N with tert-alkyl or cyclic N) is 1. The maximum absolute atomic E-state index is 10.2. The monoisotopic (exact) mass is 374 g/mol. The molecular formula is C21H27ClN2O2. The Kier molecular flexibility index (Phi) is 7.47. The number of benzene rings is 2. The van der Waals surface area contributed by atoms with Crippen LogP contribution in [0, 0.1) is 0 Å². The van der Waals surface area contributed by atoms with Gasteiger partial charge in [-0.2, -0.15) is 0 Å². The molecule has 1 fully saturated rings. The molecule has 1 aliphatic rings. The van der Waals surface area contributed by atoms with Gasteiger partial charge in [-0.3, -0.25) is 9.80 Å². The summed E-state index contributed by atoms with van der Waals surface area (Å²) in [4.78, 5) is 4.76. The van der Waals surface area contributed by atoms with Crippen molar-refractivity contribution < 1.29 is 9.84 Å². The predicted octanol–water partition coefficient (Wildman–Crippen LogP) is 3.04. The molecule has 1 unspecified atom stereocenters.